The largest absolute Gasteiger partial charge is 0.335 e. The highest BCUT2D eigenvalue weighted by atomic mass is 32.1. The van der Waals surface area contributed by atoms with Gasteiger partial charge < -0.3 is 10.6 Å². The molecule has 1 aromatic heterocycles. The maximum Gasteiger partial charge on any atom is 0.315 e. The number of thiophene rings is 1. The van der Waals surface area contributed by atoms with E-state index in [1.54, 1.807) is 11.3 Å². The Morgan fingerprint density at radius 3 is 2.46 bits per heavy atom. The molecule has 1 atom stereocenters. The Kier molecular flexibility index (Phi) is 6.65. The molecule has 1 unspecified atom stereocenters. The van der Waals surface area contributed by atoms with Gasteiger partial charge in [0.1, 0.15) is 0 Å². The lowest BCUT2D eigenvalue weighted by Crippen LogP contribution is -2.49. The van der Waals surface area contributed by atoms with Crippen LogP contribution in [0.5, 0.6) is 0 Å². The van der Waals surface area contributed by atoms with Crippen molar-refractivity contribution < 1.29 is 4.79 Å². The van der Waals surface area contributed by atoms with Gasteiger partial charge in [0.15, 0.2) is 0 Å². The van der Waals surface area contributed by atoms with Crippen molar-refractivity contribution in [2.24, 2.45) is 5.92 Å². The number of likely N-dealkylation sites (tertiary alicyclic amines) is 1. The number of hydrogen-bond acceptors (Lipinski definition) is 3. The molecule has 2 N–H and O–H groups in total. The summed E-state index contributed by atoms with van der Waals surface area (Å²) in [7, 11) is 0. The summed E-state index contributed by atoms with van der Waals surface area (Å²) in [5.74, 6) is 0.581. The second kappa shape index (κ2) is 9.57. The van der Waals surface area contributed by atoms with Crippen LogP contribution in [0.15, 0.2) is 47.8 Å². The fraction of sp³-hybridized carbons (Fsp3) is 0.522. The van der Waals surface area contributed by atoms with Crippen molar-refractivity contribution in [3.63, 3.8) is 0 Å². The van der Waals surface area contributed by atoms with Gasteiger partial charge >= 0.3 is 6.03 Å². The highest BCUT2D eigenvalue weighted by molar-refractivity contribution is 7.10. The summed E-state index contributed by atoms with van der Waals surface area (Å²) in [6, 6.07) is 15.3. The number of amides is 2. The van der Waals surface area contributed by atoms with Crippen LogP contribution in [-0.2, 0) is 6.54 Å². The van der Waals surface area contributed by atoms with Crippen LogP contribution in [0.3, 0.4) is 0 Å². The Bertz CT molecular complexity index is 720. The molecule has 2 aliphatic rings. The zero-order valence-electron chi connectivity index (χ0n) is 16.5. The third-order valence-electron chi connectivity index (χ3n) is 6.18. The number of urea groups is 1. The second-order valence-corrected chi connectivity index (χ2v) is 9.17. The number of nitrogens with zero attached hydrogens (tertiary/aromatic N) is 1. The van der Waals surface area contributed by atoms with Gasteiger partial charge in [-0.1, -0.05) is 49.2 Å². The minimum atomic E-state index is 0.00630. The molecule has 0 spiro atoms. The quantitative estimate of drug-likeness (QED) is 0.725. The molecule has 4 nitrogen and oxygen atoms in total. The van der Waals surface area contributed by atoms with E-state index in [2.05, 4.69) is 63.4 Å². The summed E-state index contributed by atoms with van der Waals surface area (Å²) in [5, 5.41) is 8.66. The fourth-order valence-electron chi connectivity index (χ4n) is 4.63. The van der Waals surface area contributed by atoms with Gasteiger partial charge in [-0.25, -0.2) is 4.79 Å². The van der Waals surface area contributed by atoms with Crippen LogP contribution in [0.4, 0.5) is 4.79 Å². The van der Waals surface area contributed by atoms with E-state index >= 15 is 0 Å². The molecule has 150 valence electrons. The highest BCUT2D eigenvalue weighted by Crippen LogP contribution is 2.37. The predicted molar refractivity (Wildman–Crippen MR) is 115 cm³/mol. The van der Waals surface area contributed by atoms with Crippen molar-refractivity contribution in [1.29, 1.82) is 0 Å². The first-order valence-corrected chi connectivity index (χ1v) is 11.5. The lowest BCUT2D eigenvalue weighted by molar-refractivity contribution is 0.184. The zero-order valence-corrected chi connectivity index (χ0v) is 17.3. The van der Waals surface area contributed by atoms with Gasteiger partial charge in [0.25, 0.3) is 0 Å². The maximum atomic E-state index is 12.7. The summed E-state index contributed by atoms with van der Waals surface area (Å²) >= 11 is 1.76. The summed E-state index contributed by atoms with van der Waals surface area (Å²) in [4.78, 5) is 16.5. The average Bonchev–Trinajstić information content (AvgIpc) is 3.43. The van der Waals surface area contributed by atoms with Gasteiger partial charge in [0.05, 0.1) is 6.04 Å². The van der Waals surface area contributed by atoms with Gasteiger partial charge in [0, 0.05) is 30.6 Å². The molecule has 28 heavy (non-hydrogen) atoms. The Morgan fingerprint density at radius 1 is 1.04 bits per heavy atom. The van der Waals surface area contributed by atoms with Crippen LogP contribution >= 0.6 is 11.3 Å². The van der Waals surface area contributed by atoms with Crippen molar-refractivity contribution in [2.45, 2.75) is 57.2 Å². The van der Waals surface area contributed by atoms with Crippen LogP contribution in [0, 0.1) is 5.92 Å². The summed E-state index contributed by atoms with van der Waals surface area (Å²) in [6.45, 7) is 3.08. The molecule has 2 aromatic rings. The zero-order chi connectivity index (χ0) is 19.2. The van der Waals surface area contributed by atoms with Crippen molar-refractivity contribution in [3.8, 4) is 0 Å². The first-order chi connectivity index (χ1) is 13.8. The van der Waals surface area contributed by atoms with Crippen LogP contribution in [0.2, 0.25) is 0 Å². The van der Waals surface area contributed by atoms with E-state index in [1.165, 1.54) is 36.1 Å². The van der Waals surface area contributed by atoms with E-state index in [-0.39, 0.29) is 18.1 Å². The molecule has 1 aliphatic carbocycles. The number of rotatable bonds is 6. The van der Waals surface area contributed by atoms with E-state index in [1.807, 2.05) is 0 Å². The Labute approximate surface area is 172 Å². The molecule has 0 bridgehead atoms. The molecule has 0 radical (unpaired) electrons. The van der Waals surface area contributed by atoms with E-state index < -0.39 is 0 Å². The van der Waals surface area contributed by atoms with Crippen molar-refractivity contribution in [1.82, 2.24) is 15.5 Å². The molecule has 1 saturated carbocycles. The Hall–Kier alpha value is -1.85. The third-order valence-corrected chi connectivity index (χ3v) is 7.13. The van der Waals surface area contributed by atoms with Crippen LogP contribution in [0.1, 0.15) is 55.0 Å². The van der Waals surface area contributed by atoms with Crippen LogP contribution < -0.4 is 10.6 Å². The Morgan fingerprint density at radius 2 is 1.79 bits per heavy atom. The van der Waals surface area contributed by atoms with Crippen molar-refractivity contribution in [2.75, 3.05) is 13.1 Å². The van der Waals surface area contributed by atoms with E-state index in [4.69, 9.17) is 0 Å². The number of piperidine rings is 1. The Balaban J connectivity index is 1.25. The number of carbonyl (C=O) groups excluding carboxylic acids is 1. The van der Waals surface area contributed by atoms with Gasteiger partial charge in [-0.15, -0.1) is 11.3 Å². The SMILES string of the molecule is O=C(NC1CCN(Cc2ccccc2)CC1)NC(c1cccs1)C1CCCC1. The molecule has 1 saturated heterocycles. The topological polar surface area (TPSA) is 44.4 Å². The minimum absolute atomic E-state index is 0.00630. The first kappa shape index (κ1) is 19.5. The number of nitrogens with one attached hydrogen (secondary N) is 2. The molecule has 1 aliphatic heterocycles. The predicted octanol–water partition coefficient (Wildman–Crippen LogP) is 4.94. The summed E-state index contributed by atoms with van der Waals surface area (Å²) < 4.78 is 0. The minimum Gasteiger partial charge on any atom is -0.335 e. The molecule has 2 amide bonds. The molecule has 1 aromatic carbocycles. The standard InChI is InChI=1S/C23H31N3OS/c27-23(25-22(19-9-4-5-10-19)21-11-6-16-28-21)24-20-12-14-26(15-13-20)17-18-7-2-1-3-8-18/h1-3,6-8,11,16,19-20,22H,4-5,9-10,12-15,17H2,(H2,24,25,27). The third kappa shape index (κ3) is 5.15. The second-order valence-electron chi connectivity index (χ2n) is 8.19. The molecular weight excluding hydrogens is 366 g/mol. The number of hydrogen-bond donors (Lipinski definition) is 2. The fourth-order valence-corrected chi connectivity index (χ4v) is 5.49. The summed E-state index contributed by atoms with van der Waals surface area (Å²) in [6.07, 6.45) is 7.06. The molecule has 2 heterocycles. The summed E-state index contributed by atoms with van der Waals surface area (Å²) in [5.41, 5.74) is 1.36. The molecular formula is C23H31N3OS. The maximum absolute atomic E-state index is 12.7. The molecule has 5 heteroatoms. The first-order valence-electron chi connectivity index (χ1n) is 10.6. The van der Waals surface area contributed by atoms with Gasteiger partial charge in [-0.3, -0.25) is 4.90 Å². The normalized spacial score (nSPS) is 20.1. The van der Waals surface area contributed by atoms with E-state index in [0.29, 0.717) is 5.92 Å². The van der Waals surface area contributed by atoms with Crippen LogP contribution in [0.25, 0.3) is 0 Å². The smallest absolute Gasteiger partial charge is 0.315 e. The number of benzene rings is 1. The van der Waals surface area contributed by atoms with Gasteiger partial charge in [0.2, 0.25) is 0 Å². The monoisotopic (exact) mass is 397 g/mol. The van der Waals surface area contributed by atoms with E-state index in [0.717, 1.165) is 32.5 Å². The lowest BCUT2D eigenvalue weighted by atomic mass is 9.97. The van der Waals surface area contributed by atoms with Crippen LogP contribution in [-0.4, -0.2) is 30.1 Å². The van der Waals surface area contributed by atoms with Crippen molar-refractivity contribution in [3.05, 3.63) is 58.3 Å². The van der Waals surface area contributed by atoms with Gasteiger partial charge in [-0.05, 0) is 48.6 Å². The highest BCUT2D eigenvalue weighted by Gasteiger charge is 2.29. The van der Waals surface area contributed by atoms with Gasteiger partial charge in [-0.2, -0.15) is 0 Å². The average molecular weight is 398 g/mol. The molecule has 2 fully saturated rings. The lowest BCUT2D eigenvalue weighted by Gasteiger charge is -2.33. The van der Waals surface area contributed by atoms with Crippen molar-refractivity contribution >= 4 is 17.4 Å². The van der Waals surface area contributed by atoms with E-state index in [9.17, 15) is 4.79 Å². The number of carbonyl (C=O) groups is 1. The molecule has 4 rings (SSSR count).